The summed E-state index contributed by atoms with van der Waals surface area (Å²) in [7, 11) is 0. The summed E-state index contributed by atoms with van der Waals surface area (Å²) < 4.78 is 0. The molecule has 0 unspecified atom stereocenters. The van der Waals surface area contributed by atoms with Gasteiger partial charge < -0.3 is 9.80 Å². The summed E-state index contributed by atoms with van der Waals surface area (Å²) in [6, 6.07) is 11.6. The maximum absolute atomic E-state index is 12.4. The molecule has 1 aliphatic heterocycles. The van der Waals surface area contributed by atoms with Gasteiger partial charge in [0.15, 0.2) is 10.8 Å². The molecule has 1 aromatic heterocycles. The Bertz CT molecular complexity index is 666. The van der Waals surface area contributed by atoms with Gasteiger partial charge in [0, 0.05) is 31.9 Å². The highest BCUT2D eigenvalue weighted by Gasteiger charge is 2.23. The molecule has 2 aromatic rings. The lowest BCUT2D eigenvalue weighted by atomic mass is 10.2. The van der Waals surface area contributed by atoms with Crippen molar-refractivity contribution in [3.63, 3.8) is 0 Å². The van der Waals surface area contributed by atoms with Gasteiger partial charge in [0.05, 0.1) is 0 Å². The van der Waals surface area contributed by atoms with Gasteiger partial charge in [-0.05, 0) is 36.8 Å². The summed E-state index contributed by atoms with van der Waals surface area (Å²) in [5, 5.41) is 7.87. The van der Waals surface area contributed by atoms with E-state index in [2.05, 4.69) is 46.3 Å². The summed E-state index contributed by atoms with van der Waals surface area (Å²) in [5.74, 6) is -0.0898. The van der Waals surface area contributed by atoms with Gasteiger partial charge in [-0.15, -0.1) is 10.2 Å². The molecule has 1 fully saturated rings. The number of piperazine rings is 1. The summed E-state index contributed by atoms with van der Waals surface area (Å²) >= 11 is 5.70. The standard InChI is InChI=1S/C16H17ClN4O/c1-12-3-2-4-13(11-12)20-7-9-21(10-8-20)16(22)14-5-6-15(17)19-18-14/h2-6,11H,7-10H2,1H3. The number of aryl methyl sites for hydroxylation is 1. The van der Waals surface area contributed by atoms with E-state index in [0.717, 1.165) is 13.1 Å². The summed E-state index contributed by atoms with van der Waals surface area (Å²) in [6.07, 6.45) is 0. The van der Waals surface area contributed by atoms with Crippen molar-refractivity contribution in [1.82, 2.24) is 15.1 Å². The van der Waals surface area contributed by atoms with Crippen molar-refractivity contribution in [3.05, 3.63) is 52.8 Å². The van der Waals surface area contributed by atoms with Crippen molar-refractivity contribution in [2.24, 2.45) is 0 Å². The van der Waals surface area contributed by atoms with Crippen LogP contribution in [0.4, 0.5) is 5.69 Å². The normalized spacial score (nSPS) is 15.0. The number of benzene rings is 1. The molecular formula is C16H17ClN4O. The summed E-state index contributed by atoms with van der Waals surface area (Å²) in [6.45, 7) is 5.07. The Labute approximate surface area is 134 Å². The van der Waals surface area contributed by atoms with Gasteiger partial charge in [-0.1, -0.05) is 23.7 Å². The molecule has 1 aromatic carbocycles. The Kier molecular flexibility index (Phi) is 4.24. The van der Waals surface area contributed by atoms with Crippen LogP contribution in [0.5, 0.6) is 0 Å². The number of carbonyl (C=O) groups excluding carboxylic acids is 1. The molecule has 1 aliphatic rings. The van der Waals surface area contributed by atoms with Crippen molar-refractivity contribution < 1.29 is 4.79 Å². The first-order valence-electron chi connectivity index (χ1n) is 7.23. The van der Waals surface area contributed by atoms with Gasteiger partial charge in [0.25, 0.3) is 5.91 Å². The van der Waals surface area contributed by atoms with Crippen LogP contribution in [0.15, 0.2) is 36.4 Å². The molecular weight excluding hydrogens is 300 g/mol. The fourth-order valence-electron chi connectivity index (χ4n) is 2.58. The molecule has 22 heavy (non-hydrogen) atoms. The SMILES string of the molecule is Cc1cccc(N2CCN(C(=O)c3ccc(Cl)nn3)CC2)c1. The van der Waals surface area contributed by atoms with Gasteiger partial charge in [-0.3, -0.25) is 4.79 Å². The molecule has 0 bridgehead atoms. The highest BCUT2D eigenvalue weighted by molar-refractivity contribution is 6.29. The van der Waals surface area contributed by atoms with E-state index in [-0.39, 0.29) is 5.91 Å². The van der Waals surface area contributed by atoms with E-state index in [1.165, 1.54) is 11.3 Å². The lowest BCUT2D eigenvalue weighted by Gasteiger charge is -2.36. The molecule has 3 rings (SSSR count). The number of nitrogens with zero attached hydrogens (tertiary/aromatic N) is 4. The predicted molar refractivity (Wildman–Crippen MR) is 86.3 cm³/mol. The van der Waals surface area contributed by atoms with E-state index in [9.17, 15) is 4.79 Å². The van der Waals surface area contributed by atoms with Crippen LogP contribution in [-0.2, 0) is 0 Å². The zero-order valence-corrected chi connectivity index (χ0v) is 13.1. The zero-order valence-electron chi connectivity index (χ0n) is 12.4. The van der Waals surface area contributed by atoms with E-state index in [0.29, 0.717) is 23.9 Å². The Morgan fingerprint density at radius 2 is 1.86 bits per heavy atom. The van der Waals surface area contributed by atoms with Crippen molar-refractivity contribution in [2.45, 2.75) is 6.92 Å². The minimum absolute atomic E-state index is 0.0898. The molecule has 0 aliphatic carbocycles. The van der Waals surface area contributed by atoms with Crippen molar-refractivity contribution >= 4 is 23.2 Å². The topological polar surface area (TPSA) is 49.3 Å². The lowest BCUT2D eigenvalue weighted by molar-refractivity contribution is 0.0739. The van der Waals surface area contributed by atoms with E-state index in [1.807, 2.05) is 4.90 Å². The van der Waals surface area contributed by atoms with Crippen LogP contribution in [-0.4, -0.2) is 47.2 Å². The average molecular weight is 317 g/mol. The minimum atomic E-state index is -0.0898. The van der Waals surface area contributed by atoms with Crippen LogP contribution >= 0.6 is 11.6 Å². The largest absolute Gasteiger partial charge is 0.368 e. The molecule has 1 saturated heterocycles. The average Bonchev–Trinajstić information content (AvgIpc) is 2.55. The zero-order chi connectivity index (χ0) is 15.5. The lowest BCUT2D eigenvalue weighted by Crippen LogP contribution is -2.49. The second-order valence-corrected chi connectivity index (χ2v) is 5.75. The first-order chi connectivity index (χ1) is 10.6. The molecule has 0 radical (unpaired) electrons. The number of aromatic nitrogens is 2. The van der Waals surface area contributed by atoms with E-state index < -0.39 is 0 Å². The smallest absolute Gasteiger partial charge is 0.274 e. The number of hydrogen-bond acceptors (Lipinski definition) is 4. The van der Waals surface area contributed by atoms with Crippen LogP contribution in [0.2, 0.25) is 5.15 Å². The number of hydrogen-bond donors (Lipinski definition) is 0. The third-order valence-corrected chi connectivity index (χ3v) is 3.99. The van der Waals surface area contributed by atoms with Crippen LogP contribution in [0.1, 0.15) is 16.1 Å². The molecule has 1 amide bonds. The Balaban J connectivity index is 1.64. The number of rotatable bonds is 2. The number of halogens is 1. The quantitative estimate of drug-likeness (QED) is 0.853. The maximum Gasteiger partial charge on any atom is 0.274 e. The van der Waals surface area contributed by atoms with E-state index in [1.54, 1.807) is 12.1 Å². The number of anilines is 1. The Morgan fingerprint density at radius 3 is 2.50 bits per heavy atom. The van der Waals surface area contributed by atoms with Gasteiger partial charge in [-0.2, -0.15) is 0 Å². The molecule has 0 saturated carbocycles. The fourth-order valence-corrected chi connectivity index (χ4v) is 2.69. The third kappa shape index (κ3) is 3.20. The van der Waals surface area contributed by atoms with E-state index in [4.69, 9.17) is 11.6 Å². The molecule has 6 heteroatoms. The first-order valence-corrected chi connectivity index (χ1v) is 7.61. The Morgan fingerprint density at radius 1 is 1.09 bits per heavy atom. The van der Waals surface area contributed by atoms with Crippen LogP contribution in [0.3, 0.4) is 0 Å². The maximum atomic E-state index is 12.4. The van der Waals surface area contributed by atoms with E-state index >= 15 is 0 Å². The third-order valence-electron chi connectivity index (χ3n) is 3.78. The molecule has 0 N–H and O–H groups in total. The first kappa shape index (κ1) is 14.8. The second-order valence-electron chi connectivity index (χ2n) is 5.36. The Hall–Kier alpha value is -2.14. The molecule has 5 nitrogen and oxygen atoms in total. The number of amides is 1. The van der Waals surface area contributed by atoms with Gasteiger partial charge in [0.1, 0.15) is 0 Å². The van der Waals surface area contributed by atoms with Gasteiger partial charge >= 0.3 is 0 Å². The predicted octanol–water partition coefficient (Wildman–Crippen LogP) is 2.40. The second kappa shape index (κ2) is 6.32. The van der Waals surface area contributed by atoms with Crippen LogP contribution in [0.25, 0.3) is 0 Å². The van der Waals surface area contributed by atoms with Crippen LogP contribution < -0.4 is 4.90 Å². The molecule has 0 atom stereocenters. The monoisotopic (exact) mass is 316 g/mol. The summed E-state index contributed by atoms with van der Waals surface area (Å²) in [4.78, 5) is 16.5. The molecule has 0 spiro atoms. The fraction of sp³-hybridized carbons (Fsp3) is 0.312. The van der Waals surface area contributed by atoms with Gasteiger partial charge in [-0.25, -0.2) is 0 Å². The van der Waals surface area contributed by atoms with Crippen LogP contribution in [0, 0.1) is 6.92 Å². The van der Waals surface area contributed by atoms with Crippen molar-refractivity contribution in [2.75, 3.05) is 31.1 Å². The minimum Gasteiger partial charge on any atom is -0.368 e. The molecule has 2 heterocycles. The highest BCUT2D eigenvalue weighted by Crippen LogP contribution is 2.18. The molecule has 114 valence electrons. The van der Waals surface area contributed by atoms with Crippen molar-refractivity contribution in [3.8, 4) is 0 Å². The van der Waals surface area contributed by atoms with Gasteiger partial charge in [0.2, 0.25) is 0 Å². The number of carbonyl (C=O) groups is 1. The highest BCUT2D eigenvalue weighted by atomic mass is 35.5. The van der Waals surface area contributed by atoms with Crippen molar-refractivity contribution in [1.29, 1.82) is 0 Å². The summed E-state index contributed by atoms with van der Waals surface area (Å²) in [5.41, 5.74) is 2.79.